The van der Waals surface area contributed by atoms with Gasteiger partial charge in [0.25, 0.3) is 15.9 Å². The van der Waals surface area contributed by atoms with E-state index in [0.717, 1.165) is 23.3 Å². The van der Waals surface area contributed by atoms with Crippen LogP contribution in [0.5, 0.6) is 5.75 Å². The van der Waals surface area contributed by atoms with E-state index in [9.17, 15) is 13.2 Å². The van der Waals surface area contributed by atoms with Gasteiger partial charge in [-0.15, -0.1) is 0 Å². The maximum atomic E-state index is 13.8. The first-order valence-corrected chi connectivity index (χ1v) is 13.7. The fourth-order valence-corrected chi connectivity index (χ4v) is 5.24. The number of rotatable bonds is 11. The molecule has 1 amide bonds. The second-order valence-corrected chi connectivity index (χ2v) is 10.3. The average molecular weight is 528 g/mol. The van der Waals surface area contributed by atoms with Gasteiger partial charge < -0.3 is 4.74 Å². The highest BCUT2D eigenvalue weighted by molar-refractivity contribution is 7.92. The molecule has 0 fully saturated rings. The Morgan fingerprint density at radius 2 is 1.50 bits per heavy atom. The minimum Gasteiger partial charge on any atom is -0.494 e. The molecule has 0 atom stereocenters. The molecule has 4 aromatic carbocycles. The van der Waals surface area contributed by atoms with Gasteiger partial charge in [-0.2, -0.15) is 5.10 Å². The number of anilines is 1. The summed E-state index contributed by atoms with van der Waals surface area (Å²) in [5.41, 5.74) is 4.52. The number of hydrazone groups is 1. The zero-order valence-electron chi connectivity index (χ0n) is 21.0. The lowest BCUT2D eigenvalue weighted by molar-refractivity contribution is 0.0955. The first kappa shape index (κ1) is 26.6. The molecular weight excluding hydrogens is 498 g/mol. The molecule has 7 nitrogen and oxygen atoms in total. The number of benzene rings is 4. The van der Waals surface area contributed by atoms with E-state index in [4.69, 9.17) is 4.74 Å². The second kappa shape index (κ2) is 12.7. The lowest BCUT2D eigenvalue weighted by Crippen LogP contribution is -2.33. The Labute approximate surface area is 223 Å². The van der Waals surface area contributed by atoms with Crippen LogP contribution < -0.4 is 14.5 Å². The lowest BCUT2D eigenvalue weighted by atomic mass is 10.1. The molecule has 0 bridgehead atoms. The Balaban J connectivity index is 1.60. The van der Waals surface area contributed by atoms with Crippen molar-refractivity contribution in [3.05, 3.63) is 126 Å². The smallest absolute Gasteiger partial charge is 0.273 e. The van der Waals surface area contributed by atoms with Gasteiger partial charge in [0.1, 0.15) is 5.75 Å². The van der Waals surface area contributed by atoms with E-state index < -0.39 is 15.9 Å². The molecular formula is C30H29N3O4S. The predicted molar refractivity (Wildman–Crippen MR) is 150 cm³/mol. The van der Waals surface area contributed by atoms with Crippen LogP contribution in [0.2, 0.25) is 0 Å². The highest BCUT2D eigenvalue weighted by Gasteiger charge is 2.28. The van der Waals surface area contributed by atoms with Crippen LogP contribution in [0.3, 0.4) is 0 Å². The van der Waals surface area contributed by atoms with E-state index in [2.05, 4.69) is 10.5 Å². The molecule has 0 unspecified atom stereocenters. The molecule has 0 spiro atoms. The van der Waals surface area contributed by atoms with Gasteiger partial charge in [-0.05, 0) is 66.1 Å². The van der Waals surface area contributed by atoms with Crippen molar-refractivity contribution in [2.24, 2.45) is 5.10 Å². The lowest BCUT2D eigenvalue weighted by Gasteiger charge is -2.26. The highest BCUT2D eigenvalue weighted by atomic mass is 32.2. The number of sulfonamides is 1. The van der Waals surface area contributed by atoms with Crippen molar-refractivity contribution in [1.29, 1.82) is 0 Å². The largest absolute Gasteiger partial charge is 0.494 e. The normalized spacial score (nSPS) is 11.3. The fraction of sp³-hybridized carbons (Fsp3) is 0.133. The van der Waals surface area contributed by atoms with Crippen molar-refractivity contribution in [2.45, 2.75) is 24.8 Å². The number of para-hydroxylation sites is 1. The average Bonchev–Trinajstić information content (AvgIpc) is 2.96. The molecule has 0 aliphatic heterocycles. The van der Waals surface area contributed by atoms with Crippen molar-refractivity contribution in [2.75, 3.05) is 10.9 Å². The van der Waals surface area contributed by atoms with Gasteiger partial charge in [0.05, 0.1) is 35.5 Å². The minimum atomic E-state index is -3.98. The fourth-order valence-electron chi connectivity index (χ4n) is 3.75. The molecule has 0 aromatic heterocycles. The molecule has 0 radical (unpaired) electrons. The number of carbonyl (C=O) groups is 1. The van der Waals surface area contributed by atoms with Crippen molar-refractivity contribution >= 4 is 27.8 Å². The molecule has 0 aliphatic rings. The third kappa shape index (κ3) is 6.66. The van der Waals surface area contributed by atoms with Crippen LogP contribution in [0.15, 0.2) is 119 Å². The Morgan fingerprint density at radius 1 is 0.868 bits per heavy atom. The molecule has 4 rings (SSSR count). The van der Waals surface area contributed by atoms with Crippen LogP contribution in [0.1, 0.15) is 34.8 Å². The van der Waals surface area contributed by atoms with E-state index in [1.807, 2.05) is 61.5 Å². The van der Waals surface area contributed by atoms with Crippen molar-refractivity contribution < 1.29 is 17.9 Å². The SMILES string of the molecule is CCCOc1ccc(/C=N\NC(=O)c2ccccc2N(Cc2ccccc2)S(=O)(=O)c2ccccc2)cc1. The number of hydrogen-bond acceptors (Lipinski definition) is 5. The van der Waals surface area contributed by atoms with Crippen molar-refractivity contribution in [1.82, 2.24) is 5.43 Å². The van der Waals surface area contributed by atoms with Crippen LogP contribution >= 0.6 is 0 Å². The number of carbonyl (C=O) groups excluding carboxylic acids is 1. The molecule has 8 heteroatoms. The van der Waals surface area contributed by atoms with Gasteiger partial charge in [0.2, 0.25) is 0 Å². The van der Waals surface area contributed by atoms with Gasteiger partial charge in [0.15, 0.2) is 0 Å². The molecule has 0 heterocycles. The summed E-state index contributed by atoms with van der Waals surface area (Å²) in [7, 11) is -3.98. The summed E-state index contributed by atoms with van der Waals surface area (Å²) in [5.74, 6) is 0.237. The van der Waals surface area contributed by atoms with Gasteiger partial charge >= 0.3 is 0 Å². The first-order chi connectivity index (χ1) is 18.5. The summed E-state index contributed by atoms with van der Waals surface area (Å²) in [4.78, 5) is 13.3. The Morgan fingerprint density at radius 3 is 2.18 bits per heavy atom. The van der Waals surface area contributed by atoms with Crippen molar-refractivity contribution in [3.63, 3.8) is 0 Å². The van der Waals surface area contributed by atoms with Crippen LogP contribution in [0.4, 0.5) is 5.69 Å². The first-order valence-electron chi connectivity index (χ1n) is 12.3. The summed E-state index contributed by atoms with van der Waals surface area (Å²) >= 11 is 0. The monoisotopic (exact) mass is 527 g/mol. The van der Waals surface area contributed by atoms with Crippen molar-refractivity contribution in [3.8, 4) is 5.75 Å². The number of nitrogens with zero attached hydrogens (tertiary/aromatic N) is 2. The van der Waals surface area contributed by atoms with Crippen LogP contribution in [0.25, 0.3) is 0 Å². The predicted octanol–water partition coefficient (Wildman–Crippen LogP) is 5.63. The Kier molecular flexibility index (Phi) is 8.89. The van der Waals surface area contributed by atoms with Gasteiger partial charge in [0, 0.05) is 0 Å². The van der Waals surface area contributed by atoms with Gasteiger partial charge in [-0.25, -0.2) is 13.8 Å². The Bertz CT molecular complexity index is 1470. The molecule has 194 valence electrons. The van der Waals surface area contributed by atoms with E-state index >= 15 is 0 Å². The van der Waals surface area contributed by atoms with E-state index in [0.29, 0.717) is 6.61 Å². The van der Waals surface area contributed by atoms with Gasteiger partial charge in [-0.1, -0.05) is 67.6 Å². The number of nitrogens with one attached hydrogen (secondary N) is 1. The highest BCUT2D eigenvalue weighted by Crippen LogP contribution is 2.29. The molecule has 1 N–H and O–H groups in total. The summed E-state index contributed by atoms with van der Waals surface area (Å²) in [6.45, 7) is 2.74. The van der Waals surface area contributed by atoms with Gasteiger partial charge in [-0.3, -0.25) is 9.10 Å². The maximum absolute atomic E-state index is 13.8. The quantitative estimate of drug-likeness (QED) is 0.202. The standard InChI is InChI=1S/C30H29N3O4S/c1-2-21-37-26-19-17-24(18-20-26)22-31-32-30(34)28-15-9-10-16-29(28)33(23-25-11-5-3-6-12-25)38(35,36)27-13-7-4-8-14-27/h3-20,22H,2,21,23H2,1H3,(H,32,34)/b31-22-. The number of hydrogen-bond donors (Lipinski definition) is 1. The summed E-state index contributed by atoms with van der Waals surface area (Å²) in [6, 6.07) is 31.4. The van der Waals surface area contributed by atoms with Crippen LogP contribution in [0, 0.1) is 0 Å². The third-order valence-corrected chi connectivity index (χ3v) is 7.42. The number of ether oxygens (including phenoxy) is 1. The molecule has 0 aliphatic carbocycles. The molecule has 4 aromatic rings. The maximum Gasteiger partial charge on any atom is 0.273 e. The summed E-state index contributed by atoms with van der Waals surface area (Å²) < 4.78 is 34.4. The Hall–Kier alpha value is -4.43. The second-order valence-electron chi connectivity index (χ2n) is 8.44. The van der Waals surface area contributed by atoms with E-state index in [-0.39, 0.29) is 22.7 Å². The molecule has 38 heavy (non-hydrogen) atoms. The van der Waals surface area contributed by atoms with E-state index in [1.165, 1.54) is 10.5 Å². The molecule has 0 saturated heterocycles. The van der Waals surface area contributed by atoms with E-state index in [1.54, 1.807) is 54.6 Å². The minimum absolute atomic E-state index is 0.0537. The van der Waals surface area contributed by atoms with Crippen LogP contribution in [-0.4, -0.2) is 27.1 Å². The van der Waals surface area contributed by atoms with Crippen LogP contribution in [-0.2, 0) is 16.6 Å². The zero-order chi connectivity index (χ0) is 26.8. The number of amides is 1. The third-order valence-electron chi connectivity index (χ3n) is 5.65. The topological polar surface area (TPSA) is 88.1 Å². The zero-order valence-corrected chi connectivity index (χ0v) is 21.8. The summed E-state index contributed by atoms with van der Waals surface area (Å²) in [6.07, 6.45) is 2.44. The molecule has 0 saturated carbocycles. The summed E-state index contributed by atoms with van der Waals surface area (Å²) in [5, 5.41) is 4.08.